The first kappa shape index (κ1) is 13.7. The summed E-state index contributed by atoms with van der Waals surface area (Å²) >= 11 is 0. The minimum Gasteiger partial charge on any atom is -0.390 e. The molecule has 1 saturated carbocycles. The van der Waals surface area contributed by atoms with Gasteiger partial charge in [0.2, 0.25) is 0 Å². The van der Waals surface area contributed by atoms with Crippen LogP contribution < -0.4 is 0 Å². The van der Waals surface area contributed by atoms with E-state index >= 15 is 0 Å². The summed E-state index contributed by atoms with van der Waals surface area (Å²) in [5.41, 5.74) is 0. The fraction of sp³-hybridized carbons (Fsp3) is 1.00. The fourth-order valence-corrected chi connectivity index (χ4v) is 1.50. The fourth-order valence-electron chi connectivity index (χ4n) is 1.50. The average Bonchev–Trinajstić information content (AvgIpc) is 2.16. The lowest BCUT2D eigenvalue weighted by atomic mass is 9.88. The average molecular weight is 242 g/mol. The van der Waals surface area contributed by atoms with Gasteiger partial charge in [-0.05, 0) is 13.3 Å². The molecule has 1 N–H and O–H groups in total. The second kappa shape index (κ2) is 5.33. The summed E-state index contributed by atoms with van der Waals surface area (Å²) in [5, 5.41) is 9.33. The van der Waals surface area contributed by atoms with E-state index in [-0.39, 0.29) is 6.42 Å². The van der Waals surface area contributed by atoms with Crippen molar-refractivity contribution in [2.24, 2.45) is 0 Å². The maximum Gasteiger partial charge on any atom is 0.414 e. The van der Waals surface area contributed by atoms with Gasteiger partial charge < -0.3 is 14.6 Å². The number of ether oxygens (including phenoxy) is 2. The monoisotopic (exact) mass is 242 g/mol. The molecule has 6 heteroatoms. The SMILES string of the molecule is CCCOC1C(O)CC1OC(C)C(F)(F)F. The van der Waals surface area contributed by atoms with E-state index in [1.54, 1.807) is 0 Å². The van der Waals surface area contributed by atoms with Crippen LogP contribution in [-0.2, 0) is 9.47 Å². The Kier molecular flexibility index (Phi) is 4.58. The lowest BCUT2D eigenvalue weighted by molar-refractivity contribution is -0.270. The van der Waals surface area contributed by atoms with Crippen LogP contribution in [0.3, 0.4) is 0 Å². The Morgan fingerprint density at radius 2 is 2.06 bits per heavy atom. The van der Waals surface area contributed by atoms with Gasteiger partial charge in [0.1, 0.15) is 6.10 Å². The van der Waals surface area contributed by atoms with Crippen LogP contribution in [0.2, 0.25) is 0 Å². The summed E-state index contributed by atoms with van der Waals surface area (Å²) in [6.45, 7) is 3.27. The zero-order valence-corrected chi connectivity index (χ0v) is 9.33. The molecule has 16 heavy (non-hydrogen) atoms. The van der Waals surface area contributed by atoms with E-state index in [0.717, 1.165) is 13.3 Å². The van der Waals surface area contributed by atoms with Crippen LogP contribution in [0.15, 0.2) is 0 Å². The molecule has 96 valence electrons. The summed E-state index contributed by atoms with van der Waals surface area (Å²) in [5.74, 6) is 0. The molecule has 0 heterocycles. The predicted molar refractivity (Wildman–Crippen MR) is 51.0 cm³/mol. The molecule has 1 fully saturated rings. The van der Waals surface area contributed by atoms with Crippen molar-refractivity contribution in [3.8, 4) is 0 Å². The molecule has 0 radical (unpaired) electrons. The lowest BCUT2D eigenvalue weighted by Crippen LogP contribution is -2.55. The molecule has 0 aromatic heterocycles. The first-order chi connectivity index (χ1) is 7.36. The van der Waals surface area contributed by atoms with Gasteiger partial charge in [0.15, 0.2) is 6.10 Å². The third kappa shape index (κ3) is 3.33. The van der Waals surface area contributed by atoms with E-state index in [9.17, 15) is 18.3 Å². The molecule has 1 rings (SSSR count). The maximum absolute atomic E-state index is 12.2. The Bertz CT molecular complexity index is 220. The third-order valence-electron chi connectivity index (χ3n) is 2.57. The Morgan fingerprint density at radius 3 is 2.50 bits per heavy atom. The highest BCUT2D eigenvalue weighted by molar-refractivity contribution is 4.92. The van der Waals surface area contributed by atoms with Gasteiger partial charge in [-0.3, -0.25) is 0 Å². The van der Waals surface area contributed by atoms with Crippen LogP contribution in [-0.4, -0.2) is 42.3 Å². The molecule has 3 nitrogen and oxygen atoms in total. The largest absolute Gasteiger partial charge is 0.414 e. The molecule has 0 spiro atoms. The van der Waals surface area contributed by atoms with Crippen LogP contribution in [0.25, 0.3) is 0 Å². The highest BCUT2D eigenvalue weighted by Gasteiger charge is 2.46. The normalized spacial score (nSPS) is 32.2. The summed E-state index contributed by atoms with van der Waals surface area (Å²) in [6.07, 6.45) is -7.22. The van der Waals surface area contributed by atoms with Crippen molar-refractivity contribution in [3.05, 3.63) is 0 Å². The summed E-state index contributed by atoms with van der Waals surface area (Å²) in [6, 6.07) is 0. The zero-order chi connectivity index (χ0) is 12.3. The summed E-state index contributed by atoms with van der Waals surface area (Å²) < 4.78 is 46.7. The Hall–Kier alpha value is -0.330. The topological polar surface area (TPSA) is 38.7 Å². The number of hydrogen-bond acceptors (Lipinski definition) is 3. The smallest absolute Gasteiger partial charge is 0.390 e. The number of alkyl halides is 3. The van der Waals surface area contributed by atoms with Gasteiger partial charge in [-0.1, -0.05) is 6.92 Å². The predicted octanol–water partition coefficient (Wildman–Crippen LogP) is 1.88. The van der Waals surface area contributed by atoms with E-state index in [1.165, 1.54) is 0 Å². The van der Waals surface area contributed by atoms with E-state index in [2.05, 4.69) is 0 Å². The Labute approximate surface area is 92.5 Å². The minimum atomic E-state index is -4.37. The molecule has 1 aliphatic rings. The van der Waals surface area contributed by atoms with Crippen LogP contribution in [0.5, 0.6) is 0 Å². The van der Waals surface area contributed by atoms with Gasteiger partial charge >= 0.3 is 6.18 Å². The minimum absolute atomic E-state index is 0.203. The van der Waals surface area contributed by atoms with E-state index < -0.39 is 30.6 Å². The second-order valence-corrected chi connectivity index (χ2v) is 4.00. The molecule has 0 amide bonds. The second-order valence-electron chi connectivity index (χ2n) is 4.00. The summed E-state index contributed by atoms with van der Waals surface area (Å²) in [4.78, 5) is 0. The van der Waals surface area contributed by atoms with Crippen molar-refractivity contribution in [1.82, 2.24) is 0 Å². The molecule has 4 atom stereocenters. The number of hydrogen-bond donors (Lipinski definition) is 1. The quantitative estimate of drug-likeness (QED) is 0.800. The van der Waals surface area contributed by atoms with Crippen molar-refractivity contribution in [2.75, 3.05) is 6.61 Å². The van der Waals surface area contributed by atoms with Crippen molar-refractivity contribution < 1.29 is 27.8 Å². The lowest BCUT2D eigenvalue weighted by Gasteiger charge is -2.42. The molecule has 0 aromatic rings. The molecular formula is C10H17F3O3. The van der Waals surface area contributed by atoms with Crippen LogP contribution in [0.1, 0.15) is 26.7 Å². The van der Waals surface area contributed by atoms with E-state index in [0.29, 0.717) is 6.61 Å². The van der Waals surface area contributed by atoms with Crippen molar-refractivity contribution in [3.63, 3.8) is 0 Å². The van der Waals surface area contributed by atoms with Crippen molar-refractivity contribution in [1.29, 1.82) is 0 Å². The zero-order valence-electron chi connectivity index (χ0n) is 9.33. The third-order valence-corrected chi connectivity index (χ3v) is 2.57. The van der Waals surface area contributed by atoms with Crippen molar-refractivity contribution in [2.45, 2.75) is 57.3 Å². The molecule has 4 unspecified atom stereocenters. The first-order valence-electron chi connectivity index (χ1n) is 5.38. The molecule has 0 aromatic carbocycles. The first-order valence-corrected chi connectivity index (χ1v) is 5.38. The van der Waals surface area contributed by atoms with Gasteiger partial charge in [-0.2, -0.15) is 13.2 Å². The Morgan fingerprint density at radius 1 is 1.44 bits per heavy atom. The number of aliphatic hydroxyl groups excluding tert-OH is 1. The molecule has 0 bridgehead atoms. The van der Waals surface area contributed by atoms with Crippen LogP contribution in [0.4, 0.5) is 13.2 Å². The van der Waals surface area contributed by atoms with Crippen LogP contribution in [0, 0.1) is 0 Å². The number of halogens is 3. The van der Waals surface area contributed by atoms with Crippen LogP contribution >= 0.6 is 0 Å². The highest BCUT2D eigenvalue weighted by Crippen LogP contribution is 2.32. The van der Waals surface area contributed by atoms with Gasteiger partial charge in [0.25, 0.3) is 0 Å². The molecule has 0 aliphatic heterocycles. The number of aliphatic hydroxyl groups is 1. The molecule has 0 saturated heterocycles. The van der Waals surface area contributed by atoms with Crippen molar-refractivity contribution >= 4 is 0 Å². The van der Waals surface area contributed by atoms with Gasteiger partial charge in [-0.25, -0.2) is 0 Å². The van der Waals surface area contributed by atoms with Gasteiger partial charge in [-0.15, -0.1) is 0 Å². The van der Waals surface area contributed by atoms with E-state index in [4.69, 9.17) is 9.47 Å². The highest BCUT2D eigenvalue weighted by atomic mass is 19.4. The van der Waals surface area contributed by atoms with E-state index in [1.807, 2.05) is 6.92 Å². The standard InChI is InChI=1S/C10H17F3O3/c1-3-4-15-9-7(14)5-8(9)16-6(2)10(11,12)13/h6-9,14H,3-5H2,1-2H3. The Balaban J connectivity index is 2.37. The van der Waals surface area contributed by atoms with Gasteiger partial charge in [0, 0.05) is 13.0 Å². The van der Waals surface area contributed by atoms with Gasteiger partial charge in [0.05, 0.1) is 12.2 Å². The molecular weight excluding hydrogens is 225 g/mol. The maximum atomic E-state index is 12.2. The number of rotatable bonds is 5. The molecule has 1 aliphatic carbocycles. The summed E-state index contributed by atoms with van der Waals surface area (Å²) in [7, 11) is 0.